The summed E-state index contributed by atoms with van der Waals surface area (Å²) in [6, 6.07) is 0. The van der Waals surface area contributed by atoms with E-state index in [1.165, 1.54) is 18.8 Å². The molecule has 0 aromatic carbocycles. The summed E-state index contributed by atoms with van der Waals surface area (Å²) < 4.78 is 307. The minimum absolute atomic E-state index is 0.0483. The zero-order chi connectivity index (χ0) is 39.2. The van der Waals surface area contributed by atoms with Crippen molar-refractivity contribution in [3.8, 4) is 0 Å². The number of carboxylic acids is 1. The van der Waals surface area contributed by atoms with Crippen LogP contribution in [0.3, 0.4) is 0 Å². The highest BCUT2D eigenvalue weighted by molar-refractivity contribution is 7.89. The predicted octanol–water partition coefficient (Wildman–Crippen LogP) is 6.52. The van der Waals surface area contributed by atoms with E-state index in [0.29, 0.717) is 0 Å². The number of nitrogens with one attached hydrogen (secondary N) is 1. The normalized spacial score (nSPS) is 16.0. The lowest BCUT2D eigenvalue weighted by Crippen LogP contribution is -2.76. The van der Waals surface area contributed by atoms with Gasteiger partial charge in [-0.2, -0.15) is 92.2 Å². The number of rotatable bonds is 19. The van der Waals surface area contributed by atoms with Crippen molar-refractivity contribution in [2.45, 2.75) is 78.7 Å². The average Bonchev–Trinajstić information content (AvgIpc) is 2.87. The van der Waals surface area contributed by atoms with Crippen LogP contribution in [0.25, 0.3) is 0 Å². The molecule has 0 spiro atoms. The molecule has 0 rings (SSSR count). The van der Waals surface area contributed by atoms with Crippen molar-refractivity contribution in [2.75, 3.05) is 39.5 Å². The maximum atomic E-state index is 14.0. The van der Waals surface area contributed by atoms with Crippen molar-refractivity contribution in [1.82, 2.24) is 4.72 Å². The van der Waals surface area contributed by atoms with Crippen molar-refractivity contribution in [2.24, 2.45) is 0 Å². The van der Waals surface area contributed by atoms with Gasteiger partial charge in [0.2, 0.25) is 10.0 Å². The number of hydrogen-bond acceptors (Lipinski definition) is 3. The second-order valence-electron chi connectivity index (χ2n) is 10.6. The molecule has 0 atom stereocenters. The monoisotopic (exact) mass is 785 g/mol. The Hall–Kier alpha value is -2.13. The molecule has 0 unspecified atom stereocenters. The summed E-state index contributed by atoms with van der Waals surface area (Å²) in [5.41, 5.74) is 0. The maximum Gasteiger partial charge on any atom is 0.460 e. The van der Waals surface area contributed by atoms with Crippen LogP contribution in [0.15, 0.2) is 0 Å². The van der Waals surface area contributed by atoms with E-state index in [4.69, 9.17) is 5.11 Å². The van der Waals surface area contributed by atoms with Crippen LogP contribution >= 0.6 is 0 Å². The molecule has 48 heavy (non-hydrogen) atoms. The second-order valence-corrected chi connectivity index (χ2v) is 12.6. The first-order valence-corrected chi connectivity index (χ1v) is 13.7. The molecule has 0 bridgehead atoms. The van der Waals surface area contributed by atoms with Gasteiger partial charge >= 0.3 is 65.4 Å². The Kier molecular flexibility index (Phi) is 12.6. The van der Waals surface area contributed by atoms with Crippen molar-refractivity contribution in [3.05, 3.63) is 0 Å². The standard InChI is InChI=1S/C20H21F21N2O4S/c1-43(2,8-4-10(44)45)7-3-6-42-48(46,47)9-5-11(21,22)12(23,24)13(25,26)14(27,28)15(29,30)16(31,32)17(33,34)18(35,36)19(37,38)20(39,40)41/h42H,3-9H2,1-2H3/p+1. The number of hydrogen-bond donors (Lipinski definition) is 2. The van der Waals surface area contributed by atoms with Gasteiger partial charge in [-0.1, -0.05) is 0 Å². The molecule has 0 heterocycles. The largest absolute Gasteiger partial charge is 0.481 e. The van der Waals surface area contributed by atoms with Crippen LogP contribution in [0.5, 0.6) is 0 Å². The van der Waals surface area contributed by atoms with Gasteiger partial charge in [-0.05, 0) is 0 Å². The van der Waals surface area contributed by atoms with Crippen LogP contribution in [0, 0.1) is 0 Å². The predicted molar refractivity (Wildman–Crippen MR) is 116 cm³/mol. The third-order valence-corrected chi connectivity index (χ3v) is 7.84. The molecule has 28 heteroatoms. The summed E-state index contributed by atoms with van der Waals surface area (Å²) in [6.07, 6.45) is -12.0. The molecule has 0 aliphatic heterocycles. The van der Waals surface area contributed by atoms with Gasteiger partial charge in [0.1, 0.15) is 0 Å². The number of carbonyl (C=O) groups is 1. The van der Waals surface area contributed by atoms with Gasteiger partial charge in [0, 0.05) is 19.4 Å². The van der Waals surface area contributed by atoms with Gasteiger partial charge in [-0.15, -0.1) is 0 Å². The fourth-order valence-electron chi connectivity index (χ4n) is 3.33. The molecule has 0 aliphatic carbocycles. The highest BCUT2D eigenvalue weighted by atomic mass is 32.2. The molecular weight excluding hydrogens is 763 g/mol. The van der Waals surface area contributed by atoms with E-state index in [0.717, 1.165) is 0 Å². The van der Waals surface area contributed by atoms with Gasteiger partial charge < -0.3 is 9.59 Å². The Bertz CT molecular complexity index is 1250. The molecule has 0 amide bonds. The molecule has 6 nitrogen and oxygen atoms in total. The Morgan fingerprint density at radius 2 is 0.917 bits per heavy atom. The summed E-state index contributed by atoms with van der Waals surface area (Å²) >= 11 is 0. The molecular formula is C20H22F21N2O4S+. The van der Waals surface area contributed by atoms with Crippen LogP contribution in [-0.2, 0) is 14.8 Å². The van der Waals surface area contributed by atoms with E-state index in [9.17, 15) is 105 Å². The molecule has 0 aliphatic rings. The zero-order valence-corrected chi connectivity index (χ0v) is 24.2. The smallest absolute Gasteiger partial charge is 0.460 e. The summed E-state index contributed by atoms with van der Waals surface area (Å²) in [5.74, 6) is -82.1. The first-order chi connectivity index (χ1) is 20.6. The molecule has 0 aromatic rings. The molecule has 288 valence electrons. The Morgan fingerprint density at radius 1 is 0.583 bits per heavy atom. The quantitative estimate of drug-likeness (QED) is 0.0889. The molecule has 0 radical (unpaired) electrons. The number of carboxylic acid groups (broad SMARTS) is 1. The summed E-state index contributed by atoms with van der Waals surface area (Å²) in [7, 11) is -2.49. The SMILES string of the molecule is C[N+](C)(CCCNS(=O)(=O)CCC(F)(F)C(F)(F)C(F)(F)C(F)(F)C(F)(F)C(F)(F)C(F)(F)C(F)(F)C(F)(F)C(F)(F)F)CCC(=O)O. The number of nitrogens with zero attached hydrogens (tertiary/aromatic N) is 1. The lowest BCUT2D eigenvalue weighted by atomic mass is 9.86. The summed E-state index contributed by atoms with van der Waals surface area (Å²) in [4.78, 5) is 10.6. The van der Waals surface area contributed by atoms with Crippen LogP contribution < -0.4 is 4.72 Å². The van der Waals surface area contributed by atoms with E-state index in [-0.39, 0.29) is 24.0 Å². The first-order valence-electron chi connectivity index (χ1n) is 12.1. The number of alkyl halides is 21. The number of sulfonamides is 1. The lowest BCUT2D eigenvalue weighted by molar-refractivity contribution is -0.889. The minimum Gasteiger partial charge on any atom is -0.481 e. The number of aliphatic carboxylic acids is 1. The van der Waals surface area contributed by atoms with Gasteiger partial charge in [0.15, 0.2) is 0 Å². The third-order valence-electron chi connectivity index (χ3n) is 6.45. The first kappa shape index (κ1) is 45.9. The fourth-order valence-corrected chi connectivity index (χ4v) is 4.45. The number of quaternary nitrogens is 1. The van der Waals surface area contributed by atoms with Crippen molar-refractivity contribution in [3.63, 3.8) is 0 Å². The highest BCUT2D eigenvalue weighted by Gasteiger charge is 2.97. The van der Waals surface area contributed by atoms with Gasteiger partial charge in [0.05, 0.1) is 39.4 Å². The average molecular weight is 785 g/mol. The van der Waals surface area contributed by atoms with Crippen molar-refractivity contribution < 1.29 is 115 Å². The van der Waals surface area contributed by atoms with E-state index in [1.807, 2.05) is 0 Å². The van der Waals surface area contributed by atoms with E-state index >= 15 is 0 Å². The molecule has 0 aromatic heterocycles. The molecule has 0 saturated carbocycles. The molecule has 0 saturated heterocycles. The molecule has 2 N–H and O–H groups in total. The summed E-state index contributed by atoms with van der Waals surface area (Å²) in [5, 5.41) is 8.63. The van der Waals surface area contributed by atoms with Crippen LogP contribution in [-0.4, -0.2) is 123 Å². The minimum atomic E-state index is -9.29. The van der Waals surface area contributed by atoms with Crippen LogP contribution in [0.2, 0.25) is 0 Å². The topological polar surface area (TPSA) is 83.5 Å². The Balaban J connectivity index is 6.30. The zero-order valence-electron chi connectivity index (χ0n) is 23.4. The maximum absolute atomic E-state index is 14.0. The van der Waals surface area contributed by atoms with Crippen molar-refractivity contribution >= 4 is 16.0 Å². The van der Waals surface area contributed by atoms with Crippen LogP contribution in [0.1, 0.15) is 19.3 Å². The van der Waals surface area contributed by atoms with E-state index in [1.54, 1.807) is 0 Å². The Morgan fingerprint density at radius 3 is 1.25 bits per heavy atom. The summed E-state index contributed by atoms with van der Waals surface area (Å²) in [6.45, 7) is -0.892. The van der Waals surface area contributed by atoms with Crippen molar-refractivity contribution in [1.29, 1.82) is 0 Å². The third kappa shape index (κ3) is 7.92. The van der Waals surface area contributed by atoms with Gasteiger partial charge in [-0.25, -0.2) is 13.1 Å². The van der Waals surface area contributed by atoms with E-state index in [2.05, 4.69) is 0 Å². The van der Waals surface area contributed by atoms with Gasteiger partial charge in [-0.3, -0.25) is 4.79 Å². The Labute approximate surface area is 254 Å². The van der Waals surface area contributed by atoms with E-state index < -0.39 is 101 Å². The highest BCUT2D eigenvalue weighted by Crippen LogP contribution is 2.66. The molecule has 0 fully saturated rings. The number of halogens is 21. The lowest BCUT2D eigenvalue weighted by Gasteiger charge is -2.44. The van der Waals surface area contributed by atoms with Crippen LogP contribution in [0.4, 0.5) is 92.2 Å². The second kappa shape index (κ2) is 13.2. The van der Waals surface area contributed by atoms with Gasteiger partial charge in [0.25, 0.3) is 0 Å². The fraction of sp³-hybridized carbons (Fsp3) is 0.950.